The zero-order chi connectivity index (χ0) is 7.98. The molecule has 0 aromatic heterocycles. The van der Waals surface area contributed by atoms with Crippen LogP contribution in [0.2, 0.25) is 4.81 Å². The van der Waals surface area contributed by atoms with Gasteiger partial charge in [0.05, 0.1) is 0 Å². The molecule has 3 heteroatoms. The number of unbranched alkanes of at least 4 members (excludes halogenated alkanes) is 1. The van der Waals surface area contributed by atoms with Gasteiger partial charge in [0.1, 0.15) is 0 Å². The molecule has 0 aliphatic rings. The van der Waals surface area contributed by atoms with Crippen molar-refractivity contribution in [2.75, 3.05) is 0 Å². The average Bonchev–Trinajstić information content (AvgIpc) is 1.89. The molecule has 2 nitrogen and oxygen atoms in total. The van der Waals surface area contributed by atoms with Crippen molar-refractivity contribution in [1.82, 2.24) is 0 Å². The molecule has 0 aromatic rings. The Morgan fingerprint density at radius 1 is 1.70 bits per heavy atom. The standard InChI is InChI=1S/C7H13O2.Mo/c1-3-4-5-6(2)7(8)9;/h6H,2-5H2,1H3,(H,8,9);. The van der Waals surface area contributed by atoms with E-state index in [4.69, 9.17) is 5.11 Å². The van der Waals surface area contributed by atoms with Crippen LogP contribution in [0.5, 0.6) is 0 Å². The van der Waals surface area contributed by atoms with Crippen molar-refractivity contribution < 1.29 is 29.7 Å². The van der Waals surface area contributed by atoms with E-state index >= 15 is 0 Å². The molecule has 0 fully saturated rings. The van der Waals surface area contributed by atoms with Crippen LogP contribution in [0.4, 0.5) is 0 Å². The zero-order valence-corrected chi connectivity index (χ0v) is 8.18. The third kappa shape index (κ3) is 4.05. The fourth-order valence-electron chi connectivity index (χ4n) is 0.729. The van der Waals surface area contributed by atoms with E-state index in [0.717, 1.165) is 24.1 Å². The van der Waals surface area contributed by atoms with Crippen LogP contribution < -0.4 is 0 Å². The predicted octanol–water partition coefficient (Wildman–Crippen LogP) is 1.84. The van der Waals surface area contributed by atoms with Crippen molar-refractivity contribution in [3.05, 3.63) is 0 Å². The number of rotatable bonds is 5. The van der Waals surface area contributed by atoms with Crippen molar-refractivity contribution in [2.24, 2.45) is 5.92 Å². The molecule has 59 valence electrons. The van der Waals surface area contributed by atoms with Crippen molar-refractivity contribution in [2.45, 2.75) is 31.0 Å². The molecule has 0 radical (unpaired) electrons. The van der Waals surface area contributed by atoms with Crippen LogP contribution in [0, 0.1) is 5.92 Å². The Morgan fingerprint density at radius 2 is 2.30 bits per heavy atom. The van der Waals surface area contributed by atoms with Gasteiger partial charge < -0.3 is 0 Å². The SMILES string of the molecule is CCCCC([CH2][Mo])C(=O)O. The molecule has 0 spiro atoms. The van der Waals surface area contributed by atoms with Gasteiger partial charge in [0.15, 0.2) is 0 Å². The van der Waals surface area contributed by atoms with E-state index in [2.05, 4.69) is 6.92 Å². The van der Waals surface area contributed by atoms with Crippen molar-refractivity contribution in [3.63, 3.8) is 0 Å². The van der Waals surface area contributed by atoms with Crippen molar-refractivity contribution >= 4 is 5.97 Å². The summed E-state index contributed by atoms with van der Waals surface area (Å²) in [6, 6.07) is 0. The van der Waals surface area contributed by atoms with Crippen LogP contribution >= 0.6 is 0 Å². The molecule has 0 amide bonds. The van der Waals surface area contributed by atoms with Gasteiger partial charge in [0, 0.05) is 0 Å². The van der Waals surface area contributed by atoms with E-state index in [1.54, 1.807) is 0 Å². The molecule has 0 bridgehead atoms. The van der Waals surface area contributed by atoms with Crippen molar-refractivity contribution in [3.8, 4) is 0 Å². The summed E-state index contributed by atoms with van der Waals surface area (Å²) in [7, 11) is 0. The first-order valence-corrected chi connectivity index (χ1v) is 4.95. The number of aliphatic carboxylic acids is 1. The van der Waals surface area contributed by atoms with Crippen molar-refractivity contribution in [1.29, 1.82) is 0 Å². The Balaban J connectivity index is 3.50. The average molecular weight is 225 g/mol. The van der Waals surface area contributed by atoms with Gasteiger partial charge in [-0.1, -0.05) is 0 Å². The predicted molar refractivity (Wildman–Crippen MR) is 35.5 cm³/mol. The van der Waals surface area contributed by atoms with Gasteiger partial charge in [-0.25, -0.2) is 0 Å². The van der Waals surface area contributed by atoms with Gasteiger partial charge >= 0.3 is 72.6 Å². The zero-order valence-electron chi connectivity index (χ0n) is 6.17. The molecule has 10 heavy (non-hydrogen) atoms. The molecular weight excluding hydrogens is 212 g/mol. The number of carboxylic acid groups (broad SMARTS) is 1. The number of carbonyl (C=O) groups is 1. The molecule has 0 aliphatic carbocycles. The summed E-state index contributed by atoms with van der Waals surface area (Å²) in [4.78, 5) is 11.2. The molecule has 1 atom stereocenters. The van der Waals surface area contributed by atoms with Crippen LogP contribution in [0.15, 0.2) is 0 Å². The topological polar surface area (TPSA) is 37.3 Å². The van der Waals surface area contributed by atoms with Gasteiger partial charge in [-0.15, -0.1) is 0 Å². The van der Waals surface area contributed by atoms with E-state index in [-0.39, 0.29) is 5.92 Å². The first-order valence-electron chi connectivity index (χ1n) is 3.53. The Kier molecular flexibility index (Phi) is 6.00. The van der Waals surface area contributed by atoms with E-state index in [1.165, 1.54) is 0 Å². The minimum atomic E-state index is -0.640. The van der Waals surface area contributed by atoms with Crippen LogP contribution in [0.1, 0.15) is 26.2 Å². The van der Waals surface area contributed by atoms with E-state index < -0.39 is 5.97 Å². The quantitative estimate of drug-likeness (QED) is 0.725. The fourth-order valence-corrected chi connectivity index (χ4v) is 1.49. The summed E-state index contributed by atoms with van der Waals surface area (Å²) < 4.78 is 0. The number of carboxylic acids is 1. The Hall–Kier alpha value is 0.158. The maximum absolute atomic E-state index is 10.4. The Labute approximate surface area is 72.9 Å². The molecule has 0 rings (SSSR count). The molecule has 0 saturated carbocycles. The van der Waals surface area contributed by atoms with Gasteiger partial charge in [-0.05, 0) is 0 Å². The monoisotopic (exact) mass is 227 g/mol. The molecular formula is C7H13MoO2. The number of hydrogen-bond acceptors (Lipinski definition) is 1. The van der Waals surface area contributed by atoms with Crippen LogP contribution in [-0.4, -0.2) is 11.1 Å². The van der Waals surface area contributed by atoms with E-state index in [1.807, 2.05) is 19.8 Å². The molecule has 0 aliphatic heterocycles. The third-order valence-electron chi connectivity index (χ3n) is 1.46. The van der Waals surface area contributed by atoms with Gasteiger partial charge in [-0.2, -0.15) is 0 Å². The van der Waals surface area contributed by atoms with Crippen LogP contribution in [-0.2, 0) is 24.6 Å². The summed E-state index contributed by atoms with van der Waals surface area (Å²) in [5.74, 6) is -0.747. The third-order valence-corrected chi connectivity index (χ3v) is 2.45. The minimum absolute atomic E-state index is 0.107. The maximum atomic E-state index is 10.4. The number of hydrogen-bond donors (Lipinski definition) is 1. The van der Waals surface area contributed by atoms with E-state index in [9.17, 15) is 4.79 Å². The Morgan fingerprint density at radius 3 is 2.60 bits per heavy atom. The van der Waals surface area contributed by atoms with Gasteiger partial charge in [-0.3, -0.25) is 0 Å². The second kappa shape index (κ2) is 5.91. The second-order valence-electron chi connectivity index (χ2n) is 2.34. The summed E-state index contributed by atoms with van der Waals surface area (Å²) in [5, 5.41) is 8.60. The normalized spacial score (nSPS) is 12.9. The first kappa shape index (κ1) is 10.2. The van der Waals surface area contributed by atoms with Crippen LogP contribution in [0.3, 0.4) is 0 Å². The molecule has 0 heterocycles. The molecule has 0 aromatic carbocycles. The molecule has 0 saturated heterocycles. The molecule has 1 unspecified atom stereocenters. The summed E-state index contributed by atoms with van der Waals surface area (Å²) in [6.07, 6.45) is 2.96. The van der Waals surface area contributed by atoms with Crippen LogP contribution in [0.25, 0.3) is 0 Å². The second-order valence-corrected chi connectivity index (χ2v) is 3.16. The molecule has 1 N–H and O–H groups in total. The summed E-state index contributed by atoms with van der Waals surface area (Å²) in [6.45, 7) is 2.08. The van der Waals surface area contributed by atoms with Gasteiger partial charge in [0.2, 0.25) is 0 Å². The van der Waals surface area contributed by atoms with Gasteiger partial charge in [0.25, 0.3) is 0 Å². The fraction of sp³-hybridized carbons (Fsp3) is 0.857. The van der Waals surface area contributed by atoms with E-state index in [0.29, 0.717) is 0 Å². The summed E-state index contributed by atoms with van der Waals surface area (Å²) in [5.41, 5.74) is 0. The Bertz CT molecular complexity index is 104. The first-order chi connectivity index (χ1) is 4.72. The summed E-state index contributed by atoms with van der Waals surface area (Å²) >= 11 is 1.86.